The Balaban J connectivity index is 1.40. The Hall–Kier alpha value is -5.58. The quantitative estimate of drug-likeness (QED) is 0.280. The first kappa shape index (κ1) is 23.3. The summed E-state index contributed by atoms with van der Waals surface area (Å²) in [6, 6.07) is 18.2. The lowest BCUT2D eigenvalue weighted by Gasteiger charge is -2.27. The third-order valence-corrected chi connectivity index (χ3v) is 7.33. The van der Waals surface area contributed by atoms with Gasteiger partial charge in [0.05, 0.1) is 36.7 Å². The zero-order valence-electron chi connectivity index (χ0n) is 21.8. The molecule has 3 aromatic heterocycles. The average molecular weight is 549 g/mol. The molecule has 41 heavy (non-hydrogen) atoms. The van der Waals surface area contributed by atoms with E-state index in [2.05, 4.69) is 10.1 Å². The van der Waals surface area contributed by atoms with Crippen LogP contribution in [0.2, 0.25) is 0 Å². The van der Waals surface area contributed by atoms with Gasteiger partial charge >= 0.3 is 5.63 Å². The third kappa shape index (κ3) is 3.45. The van der Waals surface area contributed by atoms with Gasteiger partial charge in [-0.2, -0.15) is 0 Å². The zero-order valence-corrected chi connectivity index (χ0v) is 21.8. The second-order valence-electron chi connectivity index (χ2n) is 9.51. The molecule has 6 aromatic rings. The average Bonchev–Trinajstić information content (AvgIpc) is 3.67. The molecule has 11 heteroatoms. The molecule has 1 unspecified atom stereocenters. The zero-order chi connectivity index (χ0) is 27.7. The monoisotopic (exact) mass is 548 g/mol. The minimum absolute atomic E-state index is 0.163. The molecule has 0 amide bonds. The number of nitrogens with zero attached hydrogens (tertiary/aromatic N) is 4. The standard InChI is InChI=1S/C30H20N4O7/c1-36-19-9-7-15(11-21(19)37-2)23-24-26(17-5-3-4-6-18(17)40-30(24)35)41-29-25(23)28-32-27(33-34(28)13-31-29)16-8-10-20-22(12-16)39-14-38-20/h3-13,23H,14H2,1-2H3. The van der Waals surface area contributed by atoms with Crippen molar-refractivity contribution >= 4 is 16.6 Å². The maximum Gasteiger partial charge on any atom is 0.344 e. The molecule has 11 nitrogen and oxygen atoms in total. The summed E-state index contributed by atoms with van der Waals surface area (Å²) in [5.74, 6) is 2.81. The number of benzene rings is 3. The molecule has 0 radical (unpaired) electrons. The SMILES string of the molecule is COc1ccc(C2c3c(c4ccccc4oc3=O)Oc3ncn4nc(-c5ccc6c(c5)OCO6)nc4c32)cc1OC. The normalized spacial score (nSPS) is 14.9. The van der Waals surface area contributed by atoms with Gasteiger partial charge in [-0.1, -0.05) is 18.2 Å². The van der Waals surface area contributed by atoms with Crippen LogP contribution in [0.3, 0.4) is 0 Å². The highest BCUT2D eigenvalue weighted by molar-refractivity contribution is 5.87. The van der Waals surface area contributed by atoms with E-state index >= 15 is 0 Å². The first-order valence-corrected chi connectivity index (χ1v) is 12.7. The Morgan fingerprint density at radius 1 is 0.927 bits per heavy atom. The Bertz CT molecular complexity index is 2080. The van der Waals surface area contributed by atoms with Crippen LogP contribution >= 0.6 is 0 Å². The van der Waals surface area contributed by atoms with E-state index in [1.54, 1.807) is 43.3 Å². The van der Waals surface area contributed by atoms with Crippen molar-refractivity contribution in [3.63, 3.8) is 0 Å². The first-order chi connectivity index (χ1) is 20.1. The number of hydrogen-bond acceptors (Lipinski definition) is 10. The second kappa shape index (κ2) is 8.71. The highest BCUT2D eigenvalue weighted by Crippen LogP contribution is 2.50. The third-order valence-electron chi connectivity index (χ3n) is 7.33. The Kier molecular flexibility index (Phi) is 4.96. The van der Waals surface area contributed by atoms with Crippen LogP contribution in [0.4, 0.5) is 0 Å². The van der Waals surface area contributed by atoms with Gasteiger partial charge in [-0.15, -0.1) is 5.10 Å². The molecule has 3 aromatic carbocycles. The Labute approximate surface area is 231 Å². The van der Waals surface area contributed by atoms with Crippen LogP contribution in [0.1, 0.15) is 22.6 Å². The molecule has 0 N–H and O–H groups in total. The largest absolute Gasteiger partial charge is 0.493 e. The summed E-state index contributed by atoms with van der Waals surface area (Å²) in [5.41, 5.74) is 2.72. The molecule has 8 rings (SSSR count). The molecule has 2 aliphatic heterocycles. The minimum Gasteiger partial charge on any atom is -0.493 e. The highest BCUT2D eigenvalue weighted by atomic mass is 16.7. The maximum atomic E-state index is 13.6. The number of ether oxygens (including phenoxy) is 5. The number of methoxy groups -OCH3 is 2. The van der Waals surface area contributed by atoms with Crippen molar-refractivity contribution in [1.29, 1.82) is 0 Å². The second-order valence-corrected chi connectivity index (χ2v) is 9.51. The van der Waals surface area contributed by atoms with Crippen LogP contribution in [0, 0.1) is 0 Å². The predicted molar refractivity (Wildman–Crippen MR) is 145 cm³/mol. The van der Waals surface area contributed by atoms with E-state index in [9.17, 15) is 4.79 Å². The molecule has 2 aliphatic rings. The van der Waals surface area contributed by atoms with E-state index in [1.165, 1.54) is 0 Å². The maximum absolute atomic E-state index is 13.6. The topological polar surface area (TPSA) is 119 Å². The van der Waals surface area contributed by atoms with Gasteiger partial charge in [-0.3, -0.25) is 0 Å². The van der Waals surface area contributed by atoms with E-state index in [-0.39, 0.29) is 6.79 Å². The smallest absolute Gasteiger partial charge is 0.344 e. The summed E-state index contributed by atoms with van der Waals surface area (Å²) < 4.78 is 35.8. The molecule has 0 saturated carbocycles. The summed E-state index contributed by atoms with van der Waals surface area (Å²) in [7, 11) is 3.13. The molecule has 0 saturated heterocycles. The van der Waals surface area contributed by atoms with Crippen molar-refractivity contribution in [2.75, 3.05) is 21.0 Å². The van der Waals surface area contributed by atoms with Crippen LogP contribution in [0.25, 0.3) is 28.0 Å². The van der Waals surface area contributed by atoms with Gasteiger partial charge in [0.1, 0.15) is 11.9 Å². The van der Waals surface area contributed by atoms with Crippen molar-refractivity contribution in [2.24, 2.45) is 0 Å². The number of rotatable bonds is 4. The van der Waals surface area contributed by atoms with Crippen molar-refractivity contribution in [2.45, 2.75) is 5.92 Å². The van der Waals surface area contributed by atoms with Crippen LogP contribution in [0.15, 0.2) is 76.2 Å². The van der Waals surface area contributed by atoms with Crippen molar-refractivity contribution in [3.8, 4) is 46.0 Å². The van der Waals surface area contributed by atoms with Crippen molar-refractivity contribution in [3.05, 3.63) is 94.1 Å². The van der Waals surface area contributed by atoms with Crippen molar-refractivity contribution in [1.82, 2.24) is 19.6 Å². The molecule has 1 atom stereocenters. The fraction of sp³-hybridized carbons (Fsp3) is 0.133. The fourth-order valence-corrected chi connectivity index (χ4v) is 5.45. The van der Waals surface area contributed by atoms with Gasteiger partial charge in [0.2, 0.25) is 12.7 Å². The Morgan fingerprint density at radius 2 is 1.78 bits per heavy atom. The number of para-hydroxylation sites is 1. The first-order valence-electron chi connectivity index (χ1n) is 12.7. The fourth-order valence-electron chi connectivity index (χ4n) is 5.45. The van der Waals surface area contributed by atoms with Crippen LogP contribution in [0.5, 0.6) is 34.6 Å². The van der Waals surface area contributed by atoms with Gasteiger partial charge in [-0.25, -0.2) is 19.3 Å². The summed E-state index contributed by atoms with van der Waals surface area (Å²) in [6.07, 6.45) is 1.54. The molecular weight excluding hydrogens is 528 g/mol. The lowest BCUT2D eigenvalue weighted by atomic mass is 9.84. The van der Waals surface area contributed by atoms with Crippen LogP contribution in [-0.2, 0) is 0 Å². The molecule has 0 aliphatic carbocycles. The van der Waals surface area contributed by atoms with Gasteiger partial charge < -0.3 is 28.1 Å². The number of fused-ring (bicyclic) bond motifs is 7. The molecule has 0 fully saturated rings. The van der Waals surface area contributed by atoms with Gasteiger partial charge in [0.15, 0.2) is 40.2 Å². The van der Waals surface area contributed by atoms with E-state index in [1.807, 2.05) is 42.5 Å². The summed E-state index contributed by atoms with van der Waals surface area (Å²) in [5, 5.41) is 5.33. The molecule has 5 heterocycles. The predicted octanol–water partition coefficient (Wildman–Crippen LogP) is 4.93. The van der Waals surface area contributed by atoms with Crippen LogP contribution < -0.4 is 29.3 Å². The number of hydrogen-bond donors (Lipinski definition) is 0. The lowest BCUT2D eigenvalue weighted by molar-refractivity contribution is 0.174. The van der Waals surface area contributed by atoms with E-state index in [4.69, 9.17) is 33.1 Å². The van der Waals surface area contributed by atoms with Gasteiger partial charge in [0, 0.05) is 5.56 Å². The summed E-state index contributed by atoms with van der Waals surface area (Å²) in [6.45, 7) is 0.163. The van der Waals surface area contributed by atoms with E-state index < -0.39 is 11.5 Å². The molecule has 0 bridgehead atoms. The van der Waals surface area contributed by atoms with Crippen molar-refractivity contribution < 1.29 is 28.1 Å². The van der Waals surface area contributed by atoms with Gasteiger partial charge in [0.25, 0.3) is 0 Å². The van der Waals surface area contributed by atoms with E-state index in [0.717, 1.165) is 11.1 Å². The lowest BCUT2D eigenvalue weighted by Crippen LogP contribution is -2.22. The molecule has 0 spiro atoms. The number of aromatic nitrogens is 4. The van der Waals surface area contributed by atoms with Gasteiger partial charge in [-0.05, 0) is 48.0 Å². The minimum atomic E-state index is -0.667. The van der Waals surface area contributed by atoms with E-state index in [0.29, 0.717) is 68.2 Å². The van der Waals surface area contributed by atoms with Crippen LogP contribution in [-0.4, -0.2) is 40.6 Å². The Morgan fingerprint density at radius 3 is 2.66 bits per heavy atom. The highest BCUT2D eigenvalue weighted by Gasteiger charge is 2.38. The molecule has 202 valence electrons. The summed E-state index contributed by atoms with van der Waals surface area (Å²) >= 11 is 0. The molecular formula is C30H20N4O7. The summed E-state index contributed by atoms with van der Waals surface area (Å²) in [4.78, 5) is 23.1.